The average Bonchev–Trinajstić information content (AvgIpc) is 2.11. The summed E-state index contributed by atoms with van der Waals surface area (Å²) in [6.07, 6.45) is -0.170. The van der Waals surface area contributed by atoms with Crippen LogP contribution in [0.4, 0.5) is 8.78 Å². The Morgan fingerprint density at radius 1 is 1.29 bits per heavy atom. The predicted octanol–water partition coefficient (Wildman–Crippen LogP) is 2.73. The third-order valence-electron chi connectivity index (χ3n) is 2.06. The van der Waals surface area contributed by atoms with Crippen molar-refractivity contribution in [3.63, 3.8) is 0 Å². The number of hydrogen-bond donors (Lipinski definition) is 0. The molecule has 0 fully saturated rings. The maximum absolute atomic E-state index is 13.1. The summed E-state index contributed by atoms with van der Waals surface area (Å²) in [6, 6.07) is 3.60. The smallest absolute Gasteiger partial charge is 0.139 e. The first-order valence-corrected chi connectivity index (χ1v) is 4.48. The summed E-state index contributed by atoms with van der Waals surface area (Å²) in [5.74, 6) is -1.67. The fraction of sp³-hybridized carbons (Fsp3) is 0.364. The molecule has 0 aliphatic rings. The second kappa shape index (κ2) is 4.31. The van der Waals surface area contributed by atoms with Crippen LogP contribution in [0.25, 0.3) is 0 Å². The second-order valence-electron chi connectivity index (χ2n) is 3.50. The molecule has 0 N–H and O–H groups in total. The van der Waals surface area contributed by atoms with Gasteiger partial charge in [-0.3, -0.25) is 4.79 Å². The van der Waals surface area contributed by atoms with Gasteiger partial charge >= 0.3 is 0 Å². The predicted molar refractivity (Wildman–Crippen MR) is 49.9 cm³/mol. The molecule has 0 aliphatic heterocycles. The van der Waals surface area contributed by atoms with E-state index in [1.54, 1.807) is 13.8 Å². The van der Waals surface area contributed by atoms with Crippen molar-refractivity contribution >= 4 is 5.78 Å². The molecule has 0 radical (unpaired) electrons. The molecule has 1 nitrogen and oxygen atoms in total. The van der Waals surface area contributed by atoms with E-state index >= 15 is 0 Å². The molecule has 0 saturated carbocycles. The molecule has 0 aromatic heterocycles. The highest BCUT2D eigenvalue weighted by atomic mass is 19.1. The minimum atomic E-state index is -0.654. The third-order valence-corrected chi connectivity index (χ3v) is 2.06. The molecule has 0 heterocycles. The summed E-state index contributed by atoms with van der Waals surface area (Å²) in [7, 11) is 0. The van der Waals surface area contributed by atoms with Crippen molar-refractivity contribution in [3.8, 4) is 0 Å². The Labute approximate surface area is 81.7 Å². The maximum Gasteiger partial charge on any atom is 0.139 e. The number of ketones is 1. The lowest BCUT2D eigenvalue weighted by molar-refractivity contribution is -0.121. The van der Waals surface area contributed by atoms with Crippen LogP contribution in [0, 0.1) is 17.6 Å². The van der Waals surface area contributed by atoms with E-state index in [2.05, 4.69) is 0 Å². The fourth-order valence-corrected chi connectivity index (χ4v) is 1.08. The van der Waals surface area contributed by atoms with Crippen molar-refractivity contribution in [1.82, 2.24) is 0 Å². The van der Waals surface area contributed by atoms with E-state index in [9.17, 15) is 13.6 Å². The number of carbonyl (C=O) groups is 1. The van der Waals surface area contributed by atoms with Gasteiger partial charge in [0, 0.05) is 17.9 Å². The summed E-state index contributed by atoms with van der Waals surface area (Å²) in [6.45, 7) is 3.42. The number of benzene rings is 1. The summed E-state index contributed by atoms with van der Waals surface area (Å²) in [5, 5.41) is 0. The van der Waals surface area contributed by atoms with Crippen LogP contribution in [0.5, 0.6) is 0 Å². The molecule has 0 spiro atoms. The summed E-state index contributed by atoms with van der Waals surface area (Å²) < 4.78 is 26.2. The van der Waals surface area contributed by atoms with E-state index in [4.69, 9.17) is 0 Å². The van der Waals surface area contributed by atoms with Crippen molar-refractivity contribution in [2.45, 2.75) is 20.3 Å². The van der Waals surface area contributed by atoms with Crippen molar-refractivity contribution in [2.24, 2.45) is 5.92 Å². The zero-order valence-corrected chi connectivity index (χ0v) is 8.18. The molecule has 0 aliphatic carbocycles. The molecule has 76 valence electrons. The third kappa shape index (κ3) is 2.37. The summed E-state index contributed by atoms with van der Waals surface area (Å²) in [4.78, 5) is 11.3. The van der Waals surface area contributed by atoms with Gasteiger partial charge in [0.15, 0.2) is 0 Å². The quantitative estimate of drug-likeness (QED) is 0.729. The van der Waals surface area contributed by atoms with Gasteiger partial charge in [-0.15, -0.1) is 0 Å². The summed E-state index contributed by atoms with van der Waals surface area (Å²) in [5.41, 5.74) is -0.133. The number of halogens is 2. The number of Topliss-reactive ketones (excluding diaryl/α,β-unsaturated/α-hetero) is 1. The number of carbonyl (C=O) groups excluding carboxylic acids is 1. The minimum Gasteiger partial charge on any atom is -0.299 e. The Balaban J connectivity index is 2.91. The maximum atomic E-state index is 13.1. The highest BCUT2D eigenvalue weighted by Gasteiger charge is 2.14. The normalized spacial score (nSPS) is 10.6. The standard InChI is InChI=1S/C11H12F2O/c1-7(2)11(14)6-8-9(12)4-3-5-10(8)13/h3-5,7H,6H2,1-2H3. The number of rotatable bonds is 3. The minimum absolute atomic E-state index is 0.133. The van der Waals surface area contributed by atoms with Gasteiger partial charge in [0.05, 0.1) is 0 Å². The molecule has 0 saturated heterocycles. The zero-order chi connectivity index (χ0) is 10.7. The molecule has 14 heavy (non-hydrogen) atoms. The topological polar surface area (TPSA) is 17.1 Å². The van der Waals surface area contributed by atoms with Gasteiger partial charge in [0.25, 0.3) is 0 Å². The van der Waals surface area contributed by atoms with Crippen LogP contribution in [0.3, 0.4) is 0 Å². The Hall–Kier alpha value is -1.25. The summed E-state index contributed by atoms with van der Waals surface area (Å²) >= 11 is 0. The lowest BCUT2D eigenvalue weighted by Gasteiger charge is -2.06. The largest absolute Gasteiger partial charge is 0.299 e. The van der Waals surface area contributed by atoms with Crippen LogP contribution >= 0.6 is 0 Å². The van der Waals surface area contributed by atoms with Crippen molar-refractivity contribution < 1.29 is 13.6 Å². The van der Waals surface area contributed by atoms with Crippen molar-refractivity contribution in [2.75, 3.05) is 0 Å². The highest BCUT2D eigenvalue weighted by Crippen LogP contribution is 2.14. The number of hydrogen-bond acceptors (Lipinski definition) is 1. The molecular formula is C11H12F2O. The van der Waals surface area contributed by atoms with Gasteiger partial charge in [-0.2, -0.15) is 0 Å². The Kier molecular flexibility index (Phi) is 3.33. The molecule has 1 aromatic rings. The van der Waals surface area contributed by atoms with E-state index in [-0.39, 0.29) is 23.7 Å². The molecule has 0 atom stereocenters. The average molecular weight is 198 g/mol. The van der Waals surface area contributed by atoms with E-state index in [1.807, 2.05) is 0 Å². The Bertz CT molecular complexity index is 325. The van der Waals surface area contributed by atoms with Crippen LogP contribution < -0.4 is 0 Å². The van der Waals surface area contributed by atoms with Gasteiger partial charge in [0.1, 0.15) is 17.4 Å². The van der Waals surface area contributed by atoms with Crippen LogP contribution in [0.2, 0.25) is 0 Å². The van der Waals surface area contributed by atoms with E-state index in [0.717, 1.165) is 12.1 Å². The molecule has 3 heteroatoms. The second-order valence-corrected chi connectivity index (χ2v) is 3.50. The van der Waals surface area contributed by atoms with Gasteiger partial charge in [-0.25, -0.2) is 8.78 Å². The van der Waals surface area contributed by atoms with Gasteiger partial charge in [0.2, 0.25) is 0 Å². The molecule has 0 bridgehead atoms. The lowest BCUT2D eigenvalue weighted by Crippen LogP contribution is -2.12. The van der Waals surface area contributed by atoms with Gasteiger partial charge in [-0.05, 0) is 12.1 Å². The van der Waals surface area contributed by atoms with Crippen LogP contribution in [0.15, 0.2) is 18.2 Å². The zero-order valence-electron chi connectivity index (χ0n) is 8.18. The molecule has 1 rings (SSSR count). The van der Waals surface area contributed by atoms with Crippen LogP contribution in [-0.2, 0) is 11.2 Å². The molecule has 0 unspecified atom stereocenters. The molecule has 1 aromatic carbocycles. The first-order valence-electron chi connectivity index (χ1n) is 4.48. The van der Waals surface area contributed by atoms with Gasteiger partial charge < -0.3 is 0 Å². The lowest BCUT2D eigenvalue weighted by atomic mass is 10.0. The van der Waals surface area contributed by atoms with Crippen molar-refractivity contribution in [3.05, 3.63) is 35.4 Å². The monoisotopic (exact) mass is 198 g/mol. The van der Waals surface area contributed by atoms with Crippen molar-refractivity contribution in [1.29, 1.82) is 0 Å². The van der Waals surface area contributed by atoms with Crippen LogP contribution in [0.1, 0.15) is 19.4 Å². The first-order chi connectivity index (χ1) is 6.52. The molecular weight excluding hydrogens is 186 g/mol. The molecule has 0 amide bonds. The van der Waals surface area contributed by atoms with Crippen LogP contribution in [-0.4, -0.2) is 5.78 Å². The Morgan fingerprint density at radius 3 is 2.21 bits per heavy atom. The highest BCUT2D eigenvalue weighted by molar-refractivity contribution is 5.82. The van der Waals surface area contributed by atoms with Gasteiger partial charge in [-0.1, -0.05) is 19.9 Å². The SMILES string of the molecule is CC(C)C(=O)Cc1c(F)cccc1F. The first kappa shape index (κ1) is 10.8. The van der Waals surface area contributed by atoms with E-state index < -0.39 is 11.6 Å². The van der Waals surface area contributed by atoms with E-state index in [0.29, 0.717) is 0 Å². The van der Waals surface area contributed by atoms with E-state index in [1.165, 1.54) is 6.07 Å². The Morgan fingerprint density at radius 2 is 1.79 bits per heavy atom. The fourth-order valence-electron chi connectivity index (χ4n) is 1.08.